The van der Waals surface area contributed by atoms with E-state index in [2.05, 4.69) is 25.8 Å². The number of nitrogens with one attached hydrogen (secondary N) is 2. The lowest BCUT2D eigenvalue weighted by atomic mass is 10.0. The first-order chi connectivity index (χ1) is 15.2. The molecule has 4 aromatic rings. The van der Waals surface area contributed by atoms with Gasteiger partial charge < -0.3 is 19.9 Å². The van der Waals surface area contributed by atoms with Crippen molar-refractivity contribution in [3.05, 3.63) is 65.9 Å². The first-order valence-electron chi connectivity index (χ1n) is 10.2. The molecule has 158 valence electrons. The van der Waals surface area contributed by atoms with Crippen LogP contribution in [0.15, 0.2) is 53.3 Å². The molecule has 0 atom stereocenters. The summed E-state index contributed by atoms with van der Waals surface area (Å²) in [5.41, 5.74) is 3.56. The number of rotatable bonds is 5. The van der Waals surface area contributed by atoms with Gasteiger partial charge in [-0.3, -0.25) is 9.20 Å². The Balaban J connectivity index is 1.32. The molecule has 1 aromatic carbocycles. The maximum Gasteiger partial charge on any atom is 0.274 e. The fraction of sp³-hybridized carbons (Fsp3) is 0.273. The number of pyridine rings is 1. The van der Waals surface area contributed by atoms with Gasteiger partial charge in [-0.1, -0.05) is 12.1 Å². The van der Waals surface area contributed by atoms with Gasteiger partial charge in [-0.2, -0.15) is 4.98 Å². The third-order valence-corrected chi connectivity index (χ3v) is 5.40. The van der Waals surface area contributed by atoms with Crippen molar-refractivity contribution in [2.24, 2.45) is 0 Å². The number of ether oxygens (including phenoxy) is 1. The quantitative estimate of drug-likeness (QED) is 0.506. The van der Waals surface area contributed by atoms with Crippen molar-refractivity contribution in [2.75, 3.05) is 23.8 Å². The molecule has 0 radical (unpaired) electrons. The van der Waals surface area contributed by atoms with Gasteiger partial charge in [0.25, 0.3) is 11.9 Å². The molecule has 4 heterocycles. The number of hydrogen-bond acceptors (Lipinski definition) is 7. The first-order valence-corrected chi connectivity index (χ1v) is 10.2. The van der Waals surface area contributed by atoms with E-state index in [9.17, 15) is 4.79 Å². The summed E-state index contributed by atoms with van der Waals surface area (Å²) in [6.07, 6.45) is 5.14. The Morgan fingerprint density at radius 3 is 2.94 bits per heavy atom. The largest absolute Gasteiger partial charge is 0.381 e. The van der Waals surface area contributed by atoms with Gasteiger partial charge >= 0.3 is 0 Å². The third-order valence-electron chi connectivity index (χ3n) is 5.40. The van der Waals surface area contributed by atoms with Gasteiger partial charge in [0.2, 0.25) is 5.89 Å². The van der Waals surface area contributed by atoms with Crippen molar-refractivity contribution in [1.29, 1.82) is 0 Å². The molecule has 0 spiro atoms. The van der Waals surface area contributed by atoms with E-state index >= 15 is 0 Å². The summed E-state index contributed by atoms with van der Waals surface area (Å²) in [7, 11) is 0. The van der Waals surface area contributed by atoms with Crippen LogP contribution in [-0.4, -0.2) is 38.6 Å². The molecule has 0 saturated carbocycles. The molecular formula is C22H22N6O3. The van der Waals surface area contributed by atoms with Crippen LogP contribution < -0.4 is 10.6 Å². The second kappa shape index (κ2) is 8.19. The maximum absolute atomic E-state index is 12.8. The summed E-state index contributed by atoms with van der Waals surface area (Å²) in [6.45, 7) is 3.36. The monoisotopic (exact) mass is 418 g/mol. The molecule has 1 aliphatic rings. The Labute approximate surface area is 178 Å². The van der Waals surface area contributed by atoms with E-state index in [1.807, 2.05) is 49.5 Å². The SMILES string of the molecule is Cc1ccc(Nc2noc(C3CCOCC3)n2)cc1NC(=O)c1cnc2ccccn12. The van der Waals surface area contributed by atoms with Crippen molar-refractivity contribution in [3.8, 4) is 0 Å². The zero-order chi connectivity index (χ0) is 21.2. The van der Waals surface area contributed by atoms with Crippen LogP contribution in [0.2, 0.25) is 0 Å². The van der Waals surface area contributed by atoms with E-state index in [0.717, 1.165) is 29.7 Å². The van der Waals surface area contributed by atoms with E-state index < -0.39 is 0 Å². The topological polar surface area (TPSA) is 107 Å². The number of fused-ring (bicyclic) bond motifs is 1. The zero-order valence-corrected chi connectivity index (χ0v) is 17.0. The molecule has 1 amide bonds. The highest BCUT2D eigenvalue weighted by Crippen LogP contribution is 2.28. The molecule has 9 heteroatoms. The van der Waals surface area contributed by atoms with E-state index in [1.54, 1.807) is 10.6 Å². The standard InChI is InChI=1S/C22H22N6O3/c1-14-5-6-16(24-22-26-21(31-27-22)15-7-10-30-11-8-15)12-17(14)25-20(29)18-13-23-19-4-2-3-9-28(18)19/h2-6,9,12-13,15H,7-8,10-11H2,1H3,(H,24,27)(H,25,29). The number of aryl methyl sites for hydroxylation is 1. The molecule has 0 aliphatic carbocycles. The molecule has 31 heavy (non-hydrogen) atoms. The Kier molecular flexibility index (Phi) is 5.09. The van der Waals surface area contributed by atoms with Crippen LogP contribution in [0.25, 0.3) is 5.65 Å². The first kappa shape index (κ1) is 19.3. The molecular weight excluding hydrogens is 396 g/mol. The molecule has 2 N–H and O–H groups in total. The number of carbonyl (C=O) groups excluding carboxylic acids is 1. The Bertz CT molecular complexity index is 1220. The van der Waals surface area contributed by atoms with Gasteiger partial charge in [-0.25, -0.2) is 4.98 Å². The predicted molar refractivity (Wildman–Crippen MR) is 115 cm³/mol. The summed E-state index contributed by atoms with van der Waals surface area (Å²) < 4.78 is 12.6. The zero-order valence-electron chi connectivity index (χ0n) is 17.0. The summed E-state index contributed by atoms with van der Waals surface area (Å²) in [5, 5.41) is 10.2. The Hall–Kier alpha value is -3.72. The van der Waals surface area contributed by atoms with Gasteiger partial charge in [0, 0.05) is 36.7 Å². The van der Waals surface area contributed by atoms with Gasteiger partial charge in [0.1, 0.15) is 11.3 Å². The second-order valence-electron chi connectivity index (χ2n) is 7.52. The van der Waals surface area contributed by atoms with Crippen molar-refractivity contribution >= 4 is 28.9 Å². The minimum atomic E-state index is -0.236. The van der Waals surface area contributed by atoms with Crippen LogP contribution in [0.3, 0.4) is 0 Å². The Morgan fingerprint density at radius 1 is 1.19 bits per heavy atom. The number of nitrogens with zero attached hydrogens (tertiary/aromatic N) is 4. The predicted octanol–water partition coefficient (Wildman–Crippen LogP) is 3.92. The fourth-order valence-electron chi connectivity index (χ4n) is 3.65. The minimum Gasteiger partial charge on any atom is -0.381 e. The molecule has 0 unspecified atom stereocenters. The van der Waals surface area contributed by atoms with E-state index in [1.165, 1.54) is 0 Å². The van der Waals surface area contributed by atoms with Crippen LogP contribution in [0.5, 0.6) is 0 Å². The number of imidazole rings is 1. The van der Waals surface area contributed by atoms with Crippen LogP contribution >= 0.6 is 0 Å². The number of hydrogen-bond donors (Lipinski definition) is 2. The van der Waals surface area contributed by atoms with Crippen LogP contribution in [-0.2, 0) is 4.74 Å². The molecule has 1 saturated heterocycles. The van der Waals surface area contributed by atoms with E-state index in [0.29, 0.717) is 36.4 Å². The second-order valence-corrected chi connectivity index (χ2v) is 7.52. The highest BCUT2D eigenvalue weighted by Gasteiger charge is 2.22. The average Bonchev–Trinajstić information content (AvgIpc) is 3.44. The lowest BCUT2D eigenvalue weighted by Crippen LogP contribution is -2.15. The van der Waals surface area contributed by atoms with Crippen molar-refractivity contribution in [1.82, 2.24) is 19.5 Å². The highest BCUT2D eigenvalue weighted by atomic mass is 16.5. The molecule has 0 bridgehead atoms. The van der Waals surface area contributed by atoms with Crippen LogP contribution in [0.4, 0.5) is 17.3 Å². The summed E-state index contributed by atoms with van der Waals surface area (Å²) in [4.78, 5) is 21.6. The van der Waals surface area contributed by atoms with E-state index in [4.69, 9.17) is 9.26 Å². The number of amides is 1. The molecule has 3 aromatic heterocycles. The fourth-order valence-corrected chi connectivity index (χ4v) is 3.65. The Morgan fingerprint density at radius 2 is 2.06 bits per heavy atom. The van der Waals surface area contributed by atoms with Gasteiger partial charge in [-0.15, -0.1) is 0 Å². The van der Waals surface area contributed by atoms with E-state index in [-0.39, 0.29) is 11.8 Å². The third kappa shape index (κ3) is 3.99. The molecule has 9 nitrogen and oxygen atoms in total. The highest BCUT2D eigenvalue weighted by molar-refractivity contribution is 6.04. The normalized spacial score (nSPS) is 14.6. The van der Waals surface area contributed by atoms with Gasteiger partial charge in [0.15, 0.2) is 0 Å². The van der Waals surface area contributed by atoms with Crippen LogP contribution in [0, 0.1) is 6.92 Å². The molecule has 1 aliphatic heterocycles. The number of benzene rings is 1. The molecule has 5 rings (SSSR count). The van der Waals surface area contributed by atoms with Crippen molar-refractivity contribution in [2.45, 2.75) is 25.7 Å². The summed E-state index contributed by atoms with van der Waals surface area (Å²) in [5.74, 6) is 1.01. The lowest BCUT2D eigenvalue weighted by molar-refractivity contribution is 0.0778. The lowest BCUT2D eigenvalue weighted by Gasteiger charge is -2.17. The number of aromatic nitrogens is 4. The summed E-state index contributed by atoms with van der Waals surface area (Å²) >= 11 is 0. The summed E-state index contributed by atoms with van der Waals surface area (Å²) in [6, 6.07) is 11.3. The molecule has 1 fully saturated rings. The number of carbonyl (C=O) groups is 1. The van der Waals surface area contributed by atoms with Crippen LogP contribution in [0.1, 0.15) is 40.7 Å². The smallest absolute Gasteiger partial charge is 0.274 e. The number of anilines is 3. The van der Waals surface area contributed by atoms with Gasteiger partial charge in [-0.05, 0) is 54.8 Å². The van der Waals surface area contributed by atoms with Crippen molar-refractivity contribution in [3.63, 3.8) is 0 Å². The minimum absolute atomic E-state index is 0.232. The van der Waals surface area contributed by atoms with Gasteiger partial charge in [0.05, 0.1) is 6.20 Å². The maximum atomic E-state index is 12.8. The average molecular weight is 418 g/mol. The van der Waals surface area contributed by atoms with Crippen molar-refractivity contribution < 1.29 is 14.1 Å².